The van der Waals surface area contributed by atoms with Gasteiger partial charge < -0.3 is 5.32 Å². The van der Waals surface area contributed by atoms with Crippen molar-refractivity contribution in [3.63, 3.8) is 0 Å². The van der Waals surface area contributed by atoms with Gasteiger partial charge in [-0.15, -0.1) is 0 Å². The lowest BCUT2D eigenvalue weighted by atomic mass is 9.81. The number of rotatable bonds is 9. The number of nitrogens with one attached hydrogen (secondary N) is 1. The van der Waals surface area contributed by atoms with Crippen molar-refractivity contribution in [2.45, 2.75) is 84.1 Å². The number of Topliss-reactive ketones (excluding diaryl/α,β-unsaturated/α-hetero) is 1. The van der Waals surface area contributed by atoms with Crippen LogP contribution in [-0.4, -0.2) is 17.9 Å². The topological polar surface area (TPSA) is 29.1 Å². The van der Waals surface area contributed by atoms with Gasteiger partial charge in [0.15, 0.2) is 5.78 Å². The quantitative estimate of drug-likeness (QED) is 0.670. The summed E-state index contributed by atoms with van der Waals surface area (Å²) in [5.74, 6) is 1.10. The Balaban J connectivity index is 2.54. The van der Waals surface area contributed by atoms with E-state index >= 15 is 0 Å². The normalized spacial score (nSPS) is 25.3. The third-order valence-electron chi connectivity index (χ3n) is 4.47. The van der Waals surface area contributed by atoms with Crippen molar-refractivity contribution in [1.29, 1.82) is 0 Å². The maximum Gasteiger partial charge on any atom is 0.153 e. The van der Waals surface area contributed by atoms with E-state index < -0.39 is 0 Å². The predicted molar refractivity (Wildman–Crippen MR) is 77.8 cm³/mol. The van der Waals surface area contributed by atoms with Gasteiger partial charge in [-0.3, -0.25) is 4.79 Å². The van der Waals surface area contributed by atoms with E-state index in [1.54, 1.807) is 0 Å². The second-order valence-corrected chi connectivity index (χ2v) is 5.91. The molecule has 0 spiro atoms. The summed E-state index contributed by atoms with van der Waals surface area (Å²) in [6.45, 7) is 7.66. The number of unbranched alkanes of at least 4 members (excludes halogenated alkanes) is 1. The van der Waals surface area contributed by atoms with Crippen LogP contribution < -0.4 is 5.32 Å². The first-order valence-electron chi connectivity index (χ1n) is 7.96. The van der Waals surface area contributed by atoms with Gasteiger partial charge in [0.25, 0.3) is 0 Å². The van der Waals surface area contributed by atoms with Gasteiger partial charge in [-0.05, 0) is 31.7 Å². The van der Waals surface area contributed by atoms with Crippen molar-refractivity contribution < 1.29 is 4.79 Å². The third-order valence-corrected chi connectivity index (χ3v) is 4.47. The number of ketones is 1. The van der Waals surface area contributed by atoms with E-state index in [0.29, 0.717) is 11.7 Å². The summed E-state index contributed by atoms with van der Waals surface area (Å²) in [6, 6.07) is 0. The van der Waals surface area contributed by atoms with Gasteiger partial charge >= 0.3 is 0 Å². The Morgan fingerprint density at radius 1 is 1.28 bits per heavy atom. The maximum atomic E-state index is 12.6. The fourth-order valence-corrected chi connectivity index (χ4v) is 3.22. The van der Waals surface area contributed by atoms with E-state index in [2.05, 4.69) is 26.1 Å². The average molecular weight is 253 g/mol. The highest BCUT2D eigenvalue weighted by molar-refractivity contribution is 5.88. The van der Waals surface area contributed by atoms with Gasteiger partial charge in [-0.2, -0.15) is 0 Å². The van der Waals surface area contributed by atoms with Crippen LogP contribution in [0.25, 0.3) is 0 Å². The summed E-state index contributed by atoms with van der Waals surface area (Å²) in [5, 5.41) is 3.51. The van der Waals surface area contributed by atoms with Crippen LogP contribution in [0.5, 0.6) is 0 Å². The molecule has 1 saturated heterocycles. The second kappa shape index (κ2) is 7.93. The molecule has 1 fully saturated rings. The van der Waals surface area contributed by atoms with Crippen LogP contribution in [0.4, 0.5) is 0 Å². The van der Waals surface area contributed by atoms with E-state index in [-0.39, 0.29) is 5.54 Å². The lowest BCUT2D eigenvalue weighted by molar-refractivity contribution is -0.126. The van der Waals surface area contributed by atoms with Gasteiger partial charge in [-0.1, -0.05) is 52.9 Å². The standard InChI is InChI=1S/C16H31NO/c1-4-7-9-14(6-3)13-15(18)16(10-5-2)11-8-12-17-16/h14,17H,4-13H2,1-3H3. The molecule has 1 aliphatic heterocycles. The molecule has 18 heavy (non-hydrogen) atoms. The zero-order chi connectivity index (χ0) is 13.4. The van der Waals surface area contributed by atoms with Crippen LogP contribution in [0.2, 0.25) is 0 Å². The molecule has 0 saturated carbocycles. The van der Waals surface area contributed by atoms with Gasteiger partial charge in [-0.25, -0.2) is 0 Å². The number of hydrogen-bond acceptors (Lipinski definition) is 2. The Bertz CT molecular complexity index is 243. The van der Waals surface area contributed by atoms with Crippen molar-refractivity contribution in [3.8, 4) is 0 Å². The van der Waals surface area contributed by atoms with E-state index in [9.17, 15) is 4.79 Å². The van der Waals surface area contributed by atoms with E-state index in [1.807, 2.05) is 0 Å². The Hall–Kier alpha value is -0.370. The number of carbonyl (C=O) groups is 1. The monoisotopic (exact) mass is 253 g/mol. The molecule has 0 aliphatic carbocycles. The summed E-state index contributed by atoms with van der Waals surface area (Å²) >= 11 is 0. The first kappa shape index (κ1) is 15.7. The van der Waals surface area contributed by atoms with Crippen molar-refractivity contribution in [3.05, 3.63) is 0 Å². The Morgan fingerprint density at radius 3 is 2.56 bits per heavy atom. The largest absolute Gasteiger partial charge is 0.305 e. The lowest BCUT2D eigenvalue weighted by Gasteiger charge is -2.29. The molecular formula is C16H31NO. The molecule has 0 aromatic heterocycles. The minimum atomic E-state index is -0.158. The van der Waals surface area contributed by atoms with Crippen LogP contribution in [0.1, 0.15) is 78.6 Å². The smallest absolute Gasteiger partial charge is 0.153 e. The minimum absolute atomic E-state index is 0.158. The zero-order valence-electron chi connectivity index (χ0n) is 12.6. The molecule has 2 nitrogen and oxygen atoms in total. The number of carbonyl (C=O) groups excluding carboxylic acids is 1. The molecule has 2 unspecified atom stereocenters. The highest BCUT2D eigenvalue weighted by Crippen LogP contribution is 2.30. The first-order valence-corrected chi connectivity index (χ1v) is 7.96. The van der Waals surface area contributed by atoms with Crippen LogP contribution in [-0.2, 0) is 4.79 Å². The molecule has 2 heteroatoms. The zero-order valence-corrected chi connectivity index (χ0v) is 12.6. The highest BCUT2D eigenvalue weighted by atomic mass is 16.1. The summed E-state index contributed by atoms with van der Waals surface area (Å²) in [5.41, 5.74) is -0.158. The molecule has 1 N–H and O–H groups in total. The van der Waals surface area contributed by atoms with Crippen LogP contribution in [0.3, 0.4) is 0 Å². The van der Waals surface area contributed by atoms with Crippen molar-refractivity contribution in [1.82, 2.24) is 5.32 Å². The SMILES string of the molecule is CCCCC(CC)CC(=O)C1(CCC)CCCN1. The molecule has 0 radical (unpaired) electrons. The Kier molecular flexibility index (Phi) is 6.91. The predicted octanol–water partition coefficient (Wildman–Crippen LogP) is 4.08. The van der Waals surface area contributed by atoms with Gasteiger partial charge in [0.1, 0.15) is 0 Å². The van der Waals surface area contributed by atoms with Gasteiger partial charge in [0, 0.05) is 6.42 Å². The summed E-state index contributed by atoms with van der Waals surface area (Å²) < 4.78 is 0. The molecule has 1 aliphatic rings. The van der Waals surface area contributed by atoms with E-state index in [0.717, 1.165) is 45.1 Å². The molecule has 1 heterocycles. The molecule has 0 aromatic carbocycles. The molecule has 2 atom stereocenters. The Morgan fingerprint density at radius 2 is 2.06 bits per heavy atom. The van der Waals surface area contributed by atoms with Crippen molar-refractivity contribution >= 4 is 5.78 Å². The minimum Gasteiger partial charge on any atom is -0.305 e. The van der Waals surface area contributed by atoms with E-state index in [1.165, 1.54) is 19.3 Å². The van der Waals surface area contributed by atoms with Crippen molar-refractivity contribution in [2.75, 3.05) is 6.54 Å². The molecule has 0 amide bonds. The van der Waals surface area contributed by atoms with Crippen LogP contribution >= 0.6 is 0 Å². The molecule has 0 aromatic rings. The molecule has 1 rings (SSSR count). The van der Waals surface area contributed by atoms with Crippen LogP contribution in [0.15, 0.2) is 0 Å². The molecular weight excluding hydrogens is 222 g/mol. The van der Waals surface area contributed by atoms with Crippen LogP contribution in [0, 0.1) is 5.92 Å². The average Bonchev–Trinajstić information content (AvgIpc) is 2.84. The third kappa shape index (κ3) is 4.08. The second-order valence-electron chi connectivity index (χ2n) is 5.91. The van der Waals surface area contributed by atoms with Gasteiger partial charge in [0.2, 0.25) is 0 Å². The first-order chi connectivity index (χ1) is 8.68. The summed E-state index contributed by atoms with van der Waals surface area (Å²) in [6.07, 6.45) is 10.0. The number of hydrogen-bond donors (Lipinski definition) is 1. The fraction of sp³-hybridized carbons (Fsp3) is 0.938. The summed E-state index contributed by atoms with van der Waals surface area (Å²) in [4.78, 5) is 12.6. The summed E-state index contributed by atoms with van der Waals surface area (Å²) in [7, 11) is 0. The lowest BCUT2D eigenvalue weighted by Crippen LogP contribution is -2.48. The fourth-order valence-electron chi connectivity index (χ4n) is 3.22. The van der Waals surface area contributed by atoms with Gasteiger partial charge in [0.05, 0.1) is 5.54 Å². The van der Waals surface area contributed by atoms with Crippen molar-refractivity contribution in [2.24, 2.45) is 5.92 Å². The maximum absolute atomic E-state index is 12.6. The van der Waals surface area contributed by atoms with E-state index in [4.69, 9.17) is 0 Å². The Labute approximate surface area is 113 Å². The highest BCUT2D eigenvalue weighted by Gasteiger charge is 2.39. The molecule has 0 bridgehead atoms. The molecule has 106 valence electrons.